The second-order valence-electron chi connectivity index (χ2n) is 8.70. The molecular formula is C20H28N4O3. The quantitative estimate of drug-likeness (QED) is 0.651. The first-order valence-corrected chi connectivity index (χ1v) is 9.95. The molecule has 0 aliphatic carbocycles. The van der Waals surface area contributed by atoms with E-state index in [-0.39, 0.29) is 16.5 Å². The number of amides is 1. The summed E-state index contributed by atoms with van der Waals surface area (Å²) in [4.78, 5) is 28.3. The maximum atomic E-state index is 12.9. The van der Waals surface area contributed by atoms with E-state index in [0.717, 1.165) is 45.7 Å². The van der Waals surface area contributed by atoms with E-state index >= 15 is 0 Å². The SMILES string of the molecule is CC1CC(C)CN(c2ccc(C(=O)N3C[C@H]4CNC[C@H]4C3)cc2[N+](=O)[O-])C1. The van der Waals surface area contributed by atoms with Gasteiger partial charge in [-0.1, -0.05) is 13.8 Å². The minimum atomic E-state index is -0.349. The first kappa shape index (κ1) is 18.2. The summed E-state index contributed by atoms with van der Waals surface area (Å²) in [6.45, 7) is 9.41. The van der Waals surface area contributed by atoms with Gasteiger partial charge in [0.2, 0.25) is 0 Å². The average Bonchev–Trinajstić information content (AvgIpc) is 3.21. The molecule has 0 aromatic heterocycles. The Bertz CT molecular complexity index is 731. The molecule has 0 spiro atoms. The number of benzene rings is 1. The lowest BCUT2D eigenvalue weighted by Gasteiger charge is -2.36. The van der Waals surface area contributed by atoms with Crippen LogP contribution in [0.25, 0.3) is 0 Å². The highest BCUT2D eigenvalue weighted by atomic mass is 16.6. The molecule has 7 heteroatoms. The Kier molecular flexibility index (Phi) is 4.80. The molecule has 4 atom stereocenters. The van der Waals surface area contributed by atoms with E-state index in [1.807, 2.05) is 4.90 Å². The summed E-state index contributed by atoms with van der Waals surface area (Å²) in [5.74, 6) is 1.96. The van der Waals surface area contributed by atoms with E-state index in [1.165, 1.54) is 6.07 Å². The largest absolute Gasteiger partial charge is 0.365 e. The molecule has 1 N–H and O–H groups in total. The second kappa shape index (κ2) is 7.11. The lowest BCUT2D eigenvalue weighted by atomic mass is 9.91. The van der Waals surface area contributed by atoms with Crippen LogP contribution >= 0.6 is 0 Å². The van der Waals surface area contributed by atoms with Gasteiger partial charge in [0.1, 0.15) is 5.69 Å². The second-order valence-corrected chi connectivity index (χ2v) is 8.70. The van der Waals surface area contributed by atoms with Gasteiger partial charge in [0.15, 0.2) is 0 Å². The van der Waals surface area contributed by atoms with Crippen LogP contribution in [0.15, 0.2) is 18.2 Å². The van der Waals surface area contributed by atoms with Crippen LogP contribution in [0.3, 0.4) is 0 Å². The smallest absolute Gasteiger partial charge is 0.293 e. The number of carbonyl (C=O) groups is 1. The van der Waals surface area contributed by atoms with Crippen LogP contribution in [0.1, 0.15) is 30.6 Å². The van der Waals surface area contributed by atoms with Gasteiger partial charge in [-0.15, -0.1) is 0 Å². The van der Waals surface area contributed by atoms with E-state index in [9.17, 15) is 14.9 Å². The highest BCUT2D eigenvalue weighted by Crippen LogP contribution is 2.35. The van der Waals surface area contributed by atoms with Gasteiger partial charge in [-0.25, -0.2) is 0 Å². The molecule has 1 aromatic rings. The molecule has 3 aliphatic heterocycles. The number of nitrogens with one attached hydrogen (secondary N) is 1. The van der Waals surface area contributed by atoms with Gasteiger partial charge >= 0.3 is 0 Å². The summed E-state index contributed by atoms with van der Waals surface area (Å²) in [6, 6.07) is 5.02. The number of anilines is 1. The monoisotopic (exact) mass is 372 g/mol. The zero-order chi connectivity index (χ0) is 19.1. The maximum Gasteiger partial charge on any atom is 0.293 e. The fraction of sp³-hybridized carbons (Fsp3) is 0.650. The fourth-order valence-electron chi connectivity index (χ4n) is 5.13. The molecule has 0 radical (unpaired) electrons. The van der Waals surface area contributed by atoms with Crippen LogP contribution in [0, 0.1) is 33.8 Å². The van der Waals surface area contributed by atoms with Gasteiger partial charge in [-0.05, 0) is 42.2 Å². The molecule has 3 fully saturated rings. The minimum Gasteiger partial charge on any atom is -0.365 e. The lowest BCUT2D eigenvalue weighted by Crippen LogP contribution is -2.39. The number of nitro benzene ring substituents is 1. The van der Waals surface area contributed by atoms with Gasteiger partial charge < -0.3 is 15.1 Å². The van der Waals surface area contributed by atoms with Gasteiger partial charge in [-0.3, -0.25) is 14.9 Å². The van der Waals surface area contributed by atoms with Gasteiger partial charge in [0, 0.05) is 50.9 Å². The molecule has 7 nitrogen and oxygen atoms in total. The normalized spacial score (nSPS) is 30.4. The Hall–Kier alpha value is -2.15. The summed E-state index contributed by atoms with van der Waals surface area (Å²) in [5.41, 5.74) is 1.11. The summed E-state index contributed by atoms with van der Waals surface area (Å²) >= 11 is 0. The van der Waals surface area contributed by atoms with Crippen molar-refractivity contribution in [2.24, 2.45) is 23.7 Å². The molecule has 0 bridgehead atoms. The summed E-state index contributed by atoms with van der Waals surface area (Å²) in [7, 11) is 0. The number of likely N-dealkylation sites (tertiary alicyclic amines) is 1. The van der Waals surface area contributed by atoms with Crippen molar-refractivity contribution in [1.82, 2.24) is 10.2 Å². The predicted molar refractivity (Wildman–Crippen MR) is 104 cm³/mol. The Morgan fingerprint density at radius 2 is 1.74 bits per heavy atom. The van der Waals surface area contributed by atoms with E-state index < -0.39 is 0 Å². The predicted octanol–water partition coefficient (Wildman–Crippen LogP) is 2.37. The van der Waals surface area contributed by atoms with Crippen molar-refractivity contribution in [3.8, 4) is 0 Å². The molecular weight excluding hydrogens is 344 g/mol. The minimum absolute atomic E-state index is 0.0446. The Balaban J connectivity index is 1.57. The molecule has 0 saturated carbocycles. The first-order valence-electron chi connectivity index (χ1n) is 9.95. The standard InChI is InChI=1S/C20H28N4O3/c1-13-5-14(2)10-22(9-13)18-4-3-15(6-19(18)24(26)27)20(25)23-11-16-7-21-8-17(16)12-23/h3-4,6,13-14,16-17,21H,5,7-12H2,1-2H3/t13?,14?,16-,17+. The molecule has 1 amide bonds. The molecule has 4 rings (SSSR count). The van der Waals surface area contributed by atoms with Crippen LogP contribution in [0.5, 0.6) is 0 Å². The molecule has 3 saturated heterocycles. The van der Waals surface area contributed by atoms with Crippen molar-refractivity contribution >= 4 is 17.3 Å². The van der Waals surface area contributed by atoms with Crippen molar-refractivity contribution in [3.63, 3.8) is 0 Å². The number of piperidine rings is 1. The third kappa shape index (κ3) is 3.52. The number of fused-ring (bicyclic) bond motifs is 1. The number of nitro groups is 1. The van der Waals surface area contributed by atoms with Crippen molar-refractivity contribution in [1.29, 1.82) is 0 Å². The molecule has 3 heterocycles. The third-order valence-electron chi connectivity index (χ3n) is 6.31. The topological polar surface area (TPSA) is 78.7 Å². The highest BCUT2D eigenvalue weighted by Gasteiger charge is 2.38. The number of hydrogen-bond donors (Lipinski definition) is 1. The van der Waals surface area contributed by atoms with Crippen molar-refractivity contribution in [2.75, 3.05) is 44.2 Å². The van der Waals surface area contributed by atoms with Crippen molar-refractivity contribution in [3.05, 3.63) is 33.9 Å². The van der Waals surface area contributed by atoms with Crippen molar-refractivity contribution < 1.29 is 9.72 Å². The highest BCUT2D eigenvalue weighted by molar-refractivity contribution is 5.96. The number of nitrogens with zero attached hydrogens (tertiary/aromatic N) is 3. The van der Waals surface area contributed by atoms with Crippen molar-refractivity contribution in [2.45, 2.75) is 20.3 Å². The first-order chi connectivity index (χ1) is 12.9. The summed E-state index contributed by atoms with van der Waals surface area (Å²) < 4.78 is 0. The van der Waals surface area contributed by atoms with Crippen LogP contribution < -0.4 is 10.2 Å². The van der Waals surface area contributed by atoms with Crippen LogP contribution in [0.4, 0.5) is 11.4 Å². The zero-order valence-corrected chi connectivity index (χ0v) is 16.1. The number of carbonyl (C=O) groups excluding carboxylic acids is 1. The lowest BCUT2D eigenvalue weighted by molar-refractivity contribution is -0.384. The third-order valence-corrected chi connectivity index (χ3v) is 6.31. The molecule has 3 aliphatic rings. The Morgan fingerprint density at radius 1 is 1.11 bits per heavy atom. The fourth-order valence-corrected chi connectivity index (χ4v) is 5.13. The summed E-state index contributed by atoms with van der Waals surface area (Å²) in [6.07, 6.45) is 1.15. The molecule has 27 heavy (non-hydrogen) atoms. The van der Waals surface area contributed by atoms with Gasteiger partial charge in [-0.2, -0.15) is 0 Å². The zero-order valence-electron chi connectivity index (χ0n) is 16.1. The van der Waals surface area contributed by atoms with E-state index in [4.69, 9.17) is 0 Å². The van der Waals surface area contributed by atoms with Gasteiger partial charge in [0.05, 0.1) is 4.92 Å². The van der Waals surface area contributed by atoms with Crippen LogP contribution in [0.2, 0.25) is 0 Å². The Labute approximate surface area is 159 Å². The molecule has 2 unspecified atom stereocenters. The van der Waals surface area contributed by atoms with Crippen LogP contribution in [-0.4, -0.2) is 55.0 Å². The molecule has 146 valence electrons. The maximum absolute atomic E-state index is 12.9. The summed E-state index contributed by atoms with van der Waals surface area (Å²) in [5, 5.41) is 15.1. The average molecular weight is 372 g/mol. The number of hydrogen-bond acceptors (Lipinski definition) is 5. The van der Waals surface area contributed by atoms with E-state index in [2.05, 4.69) is 24.1 Å². The Morgan fingerprint density at radius 3 is 2.33 bits per heavy atom. The van der Waals surface area contributed by atoms with Crippen LogP contribution in [-0.2, 0) is 0 Å². The van der Waals surface area contributed by atoms with Gasteiger partial charge in [0.25, 0.3) is 11.6 Å². The number of rotatable bonds is 3. The molecule has 1 aromatic carbocycles. The van der Waals surface area contributed by atoms with E-state index in [1.54, 1.807) is 12.1 Å². The van der Waals surface area contributed by atoms with E-state index in [0.29, 0.717) is 34.9 Å².